The number of nitrogens with one attached hydrogen (secondary N) is 1. The zero-order chi connectivity index (χ0) is 16.1. The van der Waals surface area contributed by atoms with E-state index in [1.54, 1.807) is 0 Å². The Morgan fingerprint density at radius 2 is 2.00 bits per heavy atom. The third-order valence-corrected chi connectivity index (χ3v) is 4.86. The Morgan fingerprint density at radius 1 is 1.26 bits per heavy atom. The first-order chi connectivity index (χ1) is 11.2. The van der Waals surface area contributed by atoms with Crippen molar-refractivity contribution in [3.8, 4) is 0 Å². The van der Waals surface area contributed by atoms with Crippen LogP contribution in [0.3, 0.4) is 0 Å². The third-order valence-electron chi connectivity index (χ3n) is 4.86. The van der Waals surface area contributed by atoms with Crippen LogP contribution in [-0.4, -0.2) is 67.2 Å². The van der Waals surface area contributed by atoms with Crippen molar-refractivity contribution in [2.45, 2.75) is 31.9 Å². The molecule has 1 aromatic rings. The lowest BCUT2D eigenvalue weighted by molar-refractivity contribution is -0.121. The van der Waals surface area contributed by atoms with Gasteiger partial charge >= 0.3 is 0 Å². The molecule has 0 bridgehead atoms. The SMILES string of the molecule is C[C@@H](C(=O)Nc1ccccc1)N1CCN(C[C@@H]2CCCO2)CC1. The van der Waals surface area contributed by atoms with Crippen LogP contribution in [-0.2, 0) is 9.53 Å². The minimum absolute atomic E-state index is 0.0729. The number of hydrogen-bond donors (Lipinski definition) is 1. The predicted molar refractivity (Wildman–Crippen MR) is 91.5 cm³/mol. The van der Waals surface area contributed by atoms with Gasteiger partial charge in [-0.25, -0.2) is 0 Å². The second kappa shape index (κ2) is 7.90. The molecule has 2 saturated heterocycles. The van der Waals surface area contributed by atoms with E-state index in [-0.39, 0.29) is 11.9 Å². The summed E-state index contributed by atoms with van der Waals surface area (Å²) in [6.45, 7) is 7.87. The van der Waals surface area contributed by atoms with Crippen LogP contribution in [0.1, 0.15) is 19.8 Å². The first kappa shape index (κ1) is 16.4. The molecule has 1 aromatic carbocycles. The summed E-state index contributed by atoms with van der Waals surface area (Å²) in [4.78, 5) is 17.1. The molecule has 2 atom stereocenters. The van der Waals surface area contributed by atoms with Crippen molar-refractivity contribution in [2.75, 3.05) is 44.6 Å². The Hall–Kier alpha value is -1.43. The third kappa shape index (κ3) is 4.53. The monoisotopic (exact) mass is 317 g/mol. The molecule has 23 heavy (non-hydrogen) atoms. The van der Waals surface area contributed by atoms with E-state index in [0.29, 0.717) is 6.10 Å². The quantitative estimate of drug-likeness (QED) is 0.900. The Bertz CT molecular complexity index is 494. The lowest BCUT2D eigenvalue weighted by Crippen LogP contribution is -2.53. The number of anilines is 1. The maximum absolute atomic E-state index is 12.4. The Labute approximate surface area is 138 Å². The maximum atomic E-state index is 12.4. The first-order valence-corrected chi connectivity index (χ1v) is 8.66. The topological polar surface area (TPSA) is 44.8 Å². The standard InChI is InChI=1S/C18H27N3O2/c1-15(18(22)19-16-6-3-2-4-7-16)21-11-9-20(10-12-21)14-17-8-5-13-23-17/h2-4,6-7,15,17H,5,8-14H2,1H3,(H,19,22)/t15-,17-/m0/s1. The van der Waals surface area contributed by atoms with E-state index in [2.05, 4.69) is 15.1 Å². The van der Waals surface area contributed by atoms with Gasteiger partial charge in [0.15, 0.2) is 0 Å². The van der Waals surface area contributed by atoms with Crippen molar-refractivity contribution in [3.63, 3.8) is 0 Å². The average molecular weight is 317 g/mol. The van der Waals surface area contributed by atoms with Crippen LogP contribution < -0.4 is 5.32 Å². The number of nitrogens with zero attached hydrogens (tertiary/aromatic N) is 2. The molecule has 0 unspecified atom stereocenters. The normalized spacial score (nSPS) is 24.5. The van der Waals surface area contributed by atoms with Gasteiger partial charge in [-0.2, -0.15) is 0 Å². The van der Waals surface area contributed by atoms with E-state index < -0.39 is 0 Å². The number of ether oxygens (including phenoxy) is 1. The first-order valence-electron chi connectivity index (χ1n) is 8.66. The van der Waals surface area contributed by atoms with Crippen LogP contribution in [0.25, 0.3) is 0 Å². The van der Waals surface area contributed by atoms with Crippen LogP contribution in [0, 0.1) is 0 Å². The highest BCUT2D eigenvalue weighted by molar-refractivity contribution is 5.94. The number of carbonyl (C=O) groups excluding carboxylic acids is 1. The van der Waals surface area contributed by atoms with E-state index in [1.807, 2.05) is 37.3 Å². The van der Waals surface area contributed by atoms with Crippen molar-refractivity contribution in [2.24, 2.45) is 0 Å². The number of amides is 1. The summed E-state index contributed by atoms with van der Waals surface area (Å²) in [5.41, 5.74) is 0.862. The van der Waals surface area contributed by atoms with Gasteiger partial charge in [0, 0.05) is 45.0 Å². The maximum Gasteiger partial charge on any atom is 0.241 e. The highest BCUT2D eigenvalue weighted by Gasteiger charge is 2.27. The molecule has 0 aromatic heterocycles. The number of benzene rings is 1. The largest absolute Gasteiger partial charge is 0.377 e. The van der Waals surface area contributed by atoms with E-state index in [1.165, 1.54) is 12.8 Å². The smallest absolute Gasteiger partial charge is 0.241 e. The van der Waals surface area contributed by atoms with Gasteiger partial charge in [-0.1, -0.05) is 18.2 Å². The molecular formula is C18H27N3O2. The van der Waals surface area contributed by atoms with Gasteiger partial charge in [0.05, 0.1) is 12.1 Å². The molecule has 0 saturated carbocycles. The van der Waals surface area contributed by atoms with Crippen molar-refractivity contribution < 1.29 is 9.53 Å². The fraction of sp³-hybridized carbons (Fsp3) is 0.611. The summed E-state index contributed by atoms with van der Waals surface area (Å²) in [7, 11) is 0. The van der Waals surface area contributed by atoms with Gasteiger partial charge in [-0.3, -0.25) is 14.6 Å². The van der Waals surface area contributed by atoms with Crippen LogP contribution >= 0.6 is 0 Å². The summed E-state index contributed by atoms with van der Waals surface area (Å²) < 4.78 is 5.72. The van der Waals surface area contributed by atoms with Gasteiger partial charge in [0.1, 0.15) is 0 Å². The fourth-order valence-electron chi connectivity index (χ4n) is 3.34. The minimum Gasteiger partial charge on any atom is -0.377 e. The lowest BCUT2D eigenvalue weighted by atomic mass is 10.2. The zero-order valence-corrected chi connectivity index (χ0v) is 13.9. The van der Waals surface area contributed by atoms with E-state index in [4.69, 9.17) is 4.74 Å². The Morgan fingerprint density at radius 3 is 2.65 bits per heavy atom. The summed E-state index contributed by atoms with van der Waals surface area (Å²) in [5, 5.41) is 2.99. The Kier molecular flexibility index (Phi) is 5.65. The molecular weight excluding hydrogens is 290 g/mol. The van der Waals surface area contributed by atoms with Crippen molar-refractivity contribution in [1.29, 1.82) is 0 Å². The molecule has 2 aliphatic rings. The molecule has 2 aliphatic heterocycles. The summed E-state index contributed by atoms with van der Waals surface area (Å²) >= 11 is 0. The van der Waals surface area contributed by atoms with Crippen LogP contribution in [0.2, 0.25) is 0 Å². The lowest BCUT2D eigenvalue weighted by Gasteiger charge is -2.38. The van der Waals surface area contributed by atoms with Gasteiger partial charge in [-0.15, -0.1) is 0 Å². The zero-order valence-electron chi connectivity index (χ0n) is 13.9. The Balaban J connectivity index is 1.44. The minimum atomic E-state index is -0.0971. The van der Waals surface area contributed by atoms with Crippen LogP contribution in [0.5, 0.6) is 0 Å². The predicted octanol–water partition coefficient (Wildman–Crippen LogP) is 1.81. The van der Waals surface area contributed by atoms with Crippen LogP contribution in [0.15, 0.2) is 30.3 Å². The number of hydrogen-bond acceptors (Lipinski definition) is 4. The number of piperazine rings is 1. The van der Waals surface area contributed by atoms with Crippen molar-refractivity contribution in [3.05, 3.63) is 30.3 Å². The highest BCUT2D eigenvalue weighted by Crippen LogP contribution is 2.15. The van der Waals surface area contributed by atoms with E-state index >= 15 is 0 Å². The molecule has 3 rings (SSSR count). The summed E-state index contributed by atoms with van der Waals surface area (Å²) in [5.74, 6) is 0.0729. The fourth-order valence-corrected chi connectivity index (χ4v) is 3.34. The molecule has 2 fully saturated rings. The van der Waals surface area contributed by atoms with Gasteiger partial charge in [0.25, 0.3) is 0 Å². The molecule has 2 heterocycles. The van der Waals surface area contributed by atoms with Crippen molar-refractivity contribution in [1.82, 2.24) is 9.80 Å². The van der Waals surface area contributed by atoms with E-state index in [9.17, 15) is 4.79 Å². The summed E-state index contributed by atoms with van der Waals surface area (Å²) in [6.07, 6.45) is 2.80. The molecule has 1 amide bonds. The molecule has 0 spiro atoms. The highest BCUT2D eigenvalue weighted by atomic mass is 16.5. The van der Waals surface area contributed by atoms with Gasteiger partial charge < -0.3 is 10.1 Å². The van der Waals surface area contributed by atoms with Gasteiger partial charge in [0.2, 0.25) is 5.91 Å². The number of rotatable bonds is 5. The second-order valence-electron chi connectivity index (χ2n) is 6.50. The van der Waals surface area contributed by atoms with Gasteiger partial charge in [-0.05, 0) is 31.9 Å². The molecule has 5 nitrogen and oxygen atoms in total. The average Bonchev–Trinajstić information content (AvgIpc) is 3.09. The van der Waals surface area contributed by atoms with Crippen molar-refractivity contribution >= 4 is 11.6 Å². The number of carbonyl (C=O) groups is 1. The second-order valence-corrected chi connectivity index (χ2v) is 6.50. The molecule has 0 radical (unpaired) electrons. The molecule has 5 heteroatoms. The van der Waals surface area contributed by atoms with E-state index in [0.717, 1.165) is 45.0 Å². The molecule has 126 valence electrons. The summed E-state index contributed by atoms with van der Waals surface area (Å²) in [6, 6.07) is 9.56. The number of para-hydroxylation sites is 1. The van der Waals surface area contributed by atoms with Crippen LogP contribution in [0.4, 0.5) is 5.69 Å². The molecule has 1 N–H and O–H groups in total. The molecule has 0 aliphatic carbocycles.